The van der Waals surface area contributed by atoms with Crippen LogP contribution in [0, 0.1) is 0 Å². The molecule has 0 spiro atoms. The molecule has 6 heteroatoms. The standard InChI is InChI=1S/C14H23N4O2/c1-16-7-9-18(2,10-8-16)11-14(19)17(20)13-6-4-3-5-12(13)15/h3-6,20H,7-11,15H2,1-2H3/q+1. The molecule has 3 N–H and O–H groups in total. The van der Waals surface area contributed by atoms with E-state index in [1.807, 2.05) is 7.05 Å². The summed E-state index contributed by atoms with van der Waals surface area (Å²) in [5.74, 6) is -0.324. The molecule has 1 aromatic carbocycles. The largest absolute Gasteiger partial charge is 0.397 e. The van der Waals surface area contributed by atoms with E-state index in [0.717, 1.165) is 26.2 Å². The van der Waals surface area contributed by atoms with Gasteiger partial charge in [-0.15, -0.1) is 0 Å². The summed E-state index contributed by atoms with van der Waals surface area (Å²) in [7, 11) is 4.13. The maximum atomic E-state index is 12.2. The van der Waals surface area contributed by atoms with Crippen molar-refractivity contribution in [1.29, 1.82) is 0 Å². The highest BCUT2D eigenvalue weighted by molar-refractivity contribution is 5.94. The van der Waals surface area contributed by atoms with Gasteiger partial charge in [0.05, 0.1) is 31.5 Å². The van der Waals surface area contributed by atoms with Crippen LogP contribution in [0.1, 0.15) is 0 Å². The van der Waals surface area contributed by atoms with Gasteiger partial charge in [-0.05, 0) is 19.2 Å². The van der Waals surface area contributed by atoms with Crippen LogP contribution in [0.25, 0.3) is 0 Å². The second-order valence-electron chi connectivity index (χ2n) is 5.79. The summed E-state index contributed by atoms with van der Waals surface area (Å²) >= 11 is 0. The van der Waals surface area contributed by atoms with Crippen molar-refractivity contribution in [3.63, 3.8) is 0 Å². The topological polar surface area (TPSA) is 69.8 Å². The third kappa shape index (κ3) is 3.27. The first kappa shape index (κ1) is 14.8. The van der Waals surface area contributed by atoms with Crippen molar-refractivity contribution < 1.29 is 14.5 Å². The summed E-state index contributed by atoms with van der Waals surface area (Å²) in [6.07, 6.45) is 0. The van der Waals surface area contributed by atoms with Gasteiger partial charge < -0.3 is 10.2 Å². The van der Waals surface area contributed by atoms with Crippen LogP contribution in [0.15, 0.2) is 24.3 Å². The van der Waals surface area contributed by atoms with E-state index in [4.69, 9.17) is 5.73 Å². The lowest BCUT2D eigenvalue weighted by Crippen LogP contribution is -2.59. The Bertz CT molecular complexity index is 484. The first-order valence-electron chi connectivity index (χ1n) is 6.80. The molecule has 0 atom stereocenters. The van der Waals surface area contributed by atoms with E-state index in [1.165, 1.54) is 0 Å². The Balaban J connectivity index is 2.03. The highest BCUT2D eigenvalue weighted by Crippen LogP contribution is 2.21. The van der Waals surface area contributed by atoms with E-state index >= 15 is 0 Å². The maximum absolute atomic E-state index is 12.2. The fourth-order valence-corrected chi connectivity index (χ4v) is 2.41. The molecule has 1 fully saturated rings. The lowest BCUT2D eigenvalue weighted by Gasteiger charge is -2.40. The molecule has 1 aliphatic rings. The molecule has 0 bridgehead atoms. The number of piperazine rings is 1. The maximum Gasteiger partial charge on any atom is 0.305 e. The van der Waals surface area contributed by atoms with Gasteiger partial charge in [0.2, 0.25) is 0 Å². The molecule has 1 heterocycles. The van der Waals surface area contributed by atoms with Crippen molar-refractivity contribution in [2.45, 2.75) is 0 Å². The Labute approximate surface area is 119 Å². The third-order valence-corrected chi connectivity index (χ3v) is 3.96. The summed E-state index contributed by atoms with van der Waals surface area (Å²) in [5, 5.41) is 10.7. The number of hydrogen-bond acceptors (Lipinski definition) is 4. The van der Waals surface area contributed by atoms with Gasteiger partial charge in [0.15, 0.2) is 6.54 Å². The monoisotopic (exact) mass is 279 g/mol. The van der Waals surface area contributed by atoms with Crippen molar-refractivity contribution in [2.75, 3.05) is 57.6 Å². The number of rotatable bonds is 3. The lowest BCUT2D eigenvalue weighted by molar-refractivity contribution is -0.906. The number of likely N-dealkylation sites (N-methyl/N-ethyl adjacent to an activating group) is 2. The van der Waals surface area contributed by atoms with Crippen molar-refractivity contribution >= 4 is 17.3 Å². The highest BCUT2D eigenvalue weighted by atomic mass is 16.5. The van der Waals surface area contributed by atoms with Crippen LogP contribution in [-0.4, -0.2) is 67.3 Å². The first-order chi connectivity index (χ1) is 9.41. The van der Waals surface area contributed by atoms with E-state index < -0.39 is 0 Å². The average molecular weight is 279 g/mol. The molecule has 2 rings (SSSR count). The van der Waals surface area contributed by atoms with Gasteiger partial charge in [-0.3, -0.25) is 14.9 Å². The van der Waals surface area contributed by atoms with Crippen LogP contribution in [0.2, 0.25) is 0 Å². The number of carbonyl (C=O) groups is 1. The van der Waals surface area contributed by atoms with Crippen molar-refractivity contribution in [3.8, 4) is 0 Å². The molecule has 1 saturated heterocycles. The molecule has 1 amide bonds. The Hall–Kier alpha value is -1.63. The Kier molecular flexibility index (Phi) is 4.27. The summed E-state index contributed by atoms with van der Waals surface area (Å²) in [6.45, 7) is 4.00. The molecule has 6 nitrogen and oxygen atoms in total. The molecule has 1 aliphatic heterocycles. The highest BCUT2D eigenvalue weighted by Gasteiger charge is 2.32. The second kappa shape index (κ2) is 5.78. The third-order valence-electron chi connectivity index (χ3n) is 3.96. The van der Waals surface area contributed by atoms with Crippen LogP contribution >= 0.6 is 0 Å². The Morgan fingerprint density at radius 1 is 1.40 bits per heavy atom. The zero-order valence-electron chi connectivity index (χ0n) is 12.1. The van der Waals surface area contributed by atoms with E-state index in [1.54, 1.807) is 24.3 Å². The summed E-state index contributed by atoms with van der Waals surface area (Å²) in [6, 6.07) is 6.81. The fraction of sp³-hybridized carbons (Fsp3) is 0.500. The number of benzene rings is 1. The normalized spacial score (nSPS) is 18.8. The van der Waals surface area contributed by atoms with Gasteiger partial charge in [-0.1, -0.05) is 12.1 Å². The minimum Gasteiger partial charge on any atom is -0.397 e. The van der Waals surface area contributed by atoms with Gasteiger partial charge in [0, 0.05) is 13.1 Å². The predicted octanol–water partition coefficient (Wildman–Crippen LogP) is 0.383. The van der Waals surface area contributed by atoms with Gasteiger partial charge >= 0.3 is 5.91 Å². The molecule has 0 saturated carbocycles. The van der Waals surface area contributed by atoms with Gasteiger partial charge in [0.25, 0.3) is 0 Å². The number of nitrogens with two attached hydrogens (primary N) is 1. The molecule has 20 heavy (non-hydrogen) atoms. The van der Waals surface area contributed by atoms with Crippen LogP contribution in [0.4, 0.5) is 11.4 Å². The summed E-state index contributed by atoms with van der Waals surface area (Å²) in [4.78, 5) is 14.5. The van der Waals surface area contributed by atoms with Crippen LogP contribution < -0.4 is 10.8 Å². The number of carbonyl (C=O) groups excluding carboxylic acids is 1. The van der Waals surface area contributed by atoms with Crippen molar-refractivity contribution in [2.24, 2.45) is 0 Å². The quantitative estimate of drug-likeness (QED) is 0.363. The number of quaternary nitrogens is 1. The molecular weight excluding hydrogens is 256 g/mol. The number of hydroxylamine groups is 1. The summed E-state index contributed by atoms with van der Waals surface area (Å²) < 4.78 is 0.646. The van der Waals surface area contributed by atoms with Crippen molar-refractivity contribution in [1.82, 2.24) is 4.90 Å². The van der Waals surface area contributed by atoms with E-state index in [0.29, 0.717) is 20.9 Å². The van der Waals surface area contributed by atoms with Gasteiger partial charge in [-0.2, -0.15) is 5.06 Å². The molecule has 0 unspecified atom stereocenters. The van der Waals surface area contributed by atoms with E-state index in [2.05, 4.69) is 11.9 Å². The molecule has 1 aromatic rings. The number of nitrogen functional groups attached to an aromatic ring is 1. The predicted molar refractivity (Wildman–Crippen MR) is 78.4 cm³/mol. The number of amides is 1. The van der Waals surface area contributed by atoms with E-state index in [-0.39, 0.29) is 12.5 Å². The van der Waals surface area contributed by atoms with Crippen LogP contribution in [-0.2, 0) is 4.79 Å². The SMILES string of the molecule is CN1CC[N+](C)(CC(=O)N(O)c2ccccc2N)CC1. The number of hydrogen-bond donors (Lipinski definition) is 2. The van der Waals surface area contributed by atoms with Crippen molar-refractivity contribution in [3.05, 3.63) is 24.3 Å². The minimum atomic E-state index is -0.324. The van der Waals surface area contributed by atoms with Crippen LogP contribution in [0.5, 0.6) is 0 Å². The van der Waals surface area contributed by atoms with E-state index in [9.17, 15) is 10.0 Å². The zero-order valence-corrected chi connectivity index (χ0v) is 12.1. The number of nitrogens with zero attached hydrogens (tertiary/aromatic N) is 3. The number of para-hydroxylation sites is 2. The van der Waals surface area contributed by atoms with Gasteiger partial charge in [0.1, 0.15) is 0 Å². The zero-order chi connectivity index (χ0) is 14.8. The lowest BCUT2D eigenvalue weighted by atomic mass is 10.2. The smallest absolute Gasteiger partial charge is 0.305 e. The molecule has 0 aliphatic carbocycles. The first-order valence-corrected chi connectivity index (χ1v) is 6.80. The fourth-order valence-electron chi connectivity index (χ4n) is 2.41. The summed E-state index contributed by atoms with van der Waals surface area (Å²) in [5.41, 5.74) is 6.52. The van der Waals surface area contributed by atoms with Gasteiger partial charge in [-0.25, -0.2) is 0 Å². The number of anilines is 2. The molecule has 0 aromatic heterocycles. The average Bonchev–Trinajstić information content (AvgIpc) is 2.42. The second-order valence-corrected chi connectivity index (χ2v) is 5.79. The molecule has 0 radical (unpaired) electrons. The Morgan fingerprint density at radius 3 is 2.60 bits per heavy atom. The Morgan fingerprint density at radius 2 is 2.00 bits per heavy atom. The van der Waals surface area contributed by atoms with Crippen LogP contribution in [0.3, 0.4) is 0 Å². The molecular formula is C14H23N4O2+. The molecule has 110 valence electrons. The minimum absolute atomic E-state index is 0.276.